The van der Waals surface area contributed by atoms with Crippen LogP contribution in [-0.2, 0) is 30.2 Å². The number of nitrogens with one attached hydrogen (secondary N) is 1. The lowest BCUT2D eigenvalue weighted by Crippen LogP contribution is -2.54. The molecule has 280 valence electrons. The number of methoxy groups -OCH3 is 2. The van der Waals surface area contributed by atoms with Crippen molar-refractivity contribution in [3.05, 3.63) is 51.6 Å². The molecule has 3 saturated heterocycles. The first-order valence-electron chi connectivity index (χ1n) is 17.7. The monoisotopic (exact) mass is 723 g/mol. The summed E-state index contributed by atoms with van der Waals surface area (Å²) in [5.74, 6) is -3.48. The third-order valence-electron chi connectivity index (χ3n) is 11.1. The highest BCUT2D eigenvalue weighted by Gasteiger charge is 2.54. The summed E-state index contributed by atoms with van der Waals surface area (Å²) in [5, 5.41) is 50.6. The van der Waals surface area contributed by atoms with Gasteiger partial charge in [0.05, 0.1) is 54.4 Å². The van der Waals surface area contributed by atoms with E-state index in [1.54, 1.807) is 21.0 Å². The normalized spacial score (nSPS) is 31.4. The van der Waals surface area contributed by atoms with Gasteiger partial charge in [-0.05, 0) is 25.8 Å². The summed E-state index contributed by atoms with van der Waals surface area (Å²) in [6.07, 6.45) is -1.88. The zero-order valence-corrected chi connectivity index (χ0v) is 29.7. The number of hydrazone groups is 1. The Morgan fingerprint density at radius 2 is 1.87 bits per heavy atom. The molecule has 3 aliphatic heterocycles. The third kappa shape index (κ3) is 5.79. The lowest BCUT2D eigenvalue weighted by Gasteiger charge is -2.44. The van der Waals surface area contributed by atoms with Crippen LogP contribution in [0.1, 0.15) is 95.5 Å². The predicted octanol–water partition coefficient (Wildman–Crippen LogP) is 2.08. The Morgan fingerprint density at radius 1 is 1.12 bits per heavy atom. The molecule has 0 radical (unpaired) electrons. The van der Waals surface area contributed by atoms with Gasteiger partial charge in [-0.25, -0.2) is 5.43 Å². The van der Waals surface area contributed by atoms with Crippen LogP contribution in [0.25, 0.3) is 0 Å². The molecule has 1 amide bonds. The topological polar surface area (TPSA) is 206 Å². The van der Waals surface area contributed by atoms with Gasteiger partial charge in [0.25, 0.3) is 0 Å². The largest absolute Gasteiger partial charge is 0.507 e. The van der Waals surface area contributed by atoms with Gasteiger partial charge in [0, 0.05) is 61.6 Å². The smallest absolute Gasteiger partial charge is 0.242 e. The maximum Gasteiger partial charge on any atom is 0.242 e. The first-order chi connectivity index (χ1) is 24.8. The fraction of sp³-hybridized carbons (Fsp3) is 0.568. The van der Waals surface area contributed by atoms with Gasteiger partial charge in [-0.1, -0.05) is 26.0 Å². The van der Waals surface area contributed by atoms with E-state index in [4.69, 9.17) is 23.7 Å². The van der Waals surface area contributed by atoms with Crippen LogP contribution >= 0.6 is 0 Å². The molecule has 5 N–H and O–H groups in total. The molecule has 0 unspecified atom stereocenters. The number of aromatic hydroxyl groups is 2. The van der Waals surface area contributed by atoms with Gasteiger partial charge < -0.3 is 44.1 Å². The number of carbonyl (C=O) groups is 3. The Hall–Kier alpha value is -3.96. The number of aliphatic hydroxyl groups excluding tert-OH is 1. The van der Waals surface area contributed by atoms with Gasteiger partial charge in [-0.2, -0.15) is 5.10 Å². The van der Waals surface area contributed by atoms with Gasteiger partial charge in [0.2, 0.25) is 11.7 Å². The van der Waals surface area contributed by atoms with E-state index < -0.39 is 83.1 Å². The van der Waals surface area contributed by atoms with Crippen molar-refractivity contribution in [3.8, 4) is 17.2 Å². The number of phenols is 2. The summed E-state index contributed by atoms with van der Waals surface area (Å²) in [7, 11) is 3.02. The highest BCUT2D eigenvalue weighted by Crippen LogP contribution is 2.53. The number of rotatable bonds is 8. The van der Waals surface area contributed by atoms with Gasteiger partial charge >= 0.3 is 0 Å². The highest BCUT2D eigenvalue weighted by molar-refractivity contribution is 6.31. The molecule has 52 heavy (non-hydrogen) atoms. The van der Waals surface area contributed by atoms with Crippen molar-refractivity contribution in [2.45, 2.75) is 101 Å². The van der Waals surface area contributed by atoms with Crippen molar-refractivity contribution in [3.63, 3.8) is 0 Å². The quantitative estimate of drug-likeness (QED) is 0.128. The van der Waals surface area contributed by atoms with Crippen molar-refractivity contribution in [1.29, 1.82) is 0 Å². The molecule has 0 spiro atoms. The molecule has 3 fully saturated rings. The molecule has 7 rings (SSSR count). The molecular weight excluding hydrogens is 678 g/mol. The number of carbonyl (C=O) groups excluding carboxylic acids is 3. The summed E-state index contributed by atoms with van der Waals surface area (Å²) in [6, 6.07) is 4.38. The number of aliphatic hydroxyl groups is 2. The number of fused-ring (bicyclic) bond motifs is 6. The summed E-state index contributed by atoms with van der Waals surface area (Å²) in [6.45, 7) is 5.19. The summed E-state index contributed by atoms with van der Waals surface area (Å²) in [5.41, 5.74) is -0.950. The average Bonchev–Trinajstić information content (AvgIpc) is 3.51. The second kappa shape index (κ2) is 13.8. The van der Waals surface area contributed by atoms with Crippen LogP contribution in [0, 0.1) is 5.92 Å². The van der Waals surface area contributed by atoms with E-state index in [1.165, 1.54) is 25.3 Å². The van der Waals surface area contributed by atoms with E-state index in [2.05, 4.69) is 15.4 Å². The van der Waals surface area contributed by atoms with Crippen LogP contribution in [0.5, 0.6) is 17.2 Å². The summed E-state index contributed by atoms with van der Waals surface area (Å²) < 4.78 is 30.5. The number of ketones is 2. The van der Waals surface area contributed by atoms with E-state index in [-0.39, 0.29) is 64.6 Å². The molecule has 2 aromatic rings. The molecule has 2 aliphatic carbocycles. The lowest BCUT2D eigenvalue weighted by atomic mass is 9.71. The maximum atomic E-state index is 14.1. The molecule has 8 atom stereocenters. The first-order valence-corrected chi connectivity index (χ1v) is 17.7. The Balaban J connectivity index is 1.31. The minimum Gasteiger partial charge on any atom is -0.507 e. The fourth-order valence-corrected chi connectivity index (χ4v) is 8.48. The van der Waals surface area contributed by atoms with E-state index in [1.807, 2.05) is 6.92 Å². The van der Waals surface area contributed by atoms with Crippen LogP contribution in [0.2, 0.25) is 0 Å². The van der Waals surface area contributed by atoms with Gasteiger partial charge in [-0.3, -0.25) is 19.3 Å². The maximum absolute atomic E-state index is 14.1. The molecular formula is C37H45N3O12. The zero-order valence-electron chi connectivity index (χ0n) is 29.7. The Morgan fingerprint density at radius 3 is 2.56 bits per heavy atom. The number of benzene rings is 2. The molecule has 0 saturated carbocycles. The zero-order chi connectivity index (χ0) is 37.2. The van der Waals surface area contributed by atoms with E-state index in [0.29, 0.717) is 6.42 Å². The molecule has 15 nitrogen and oxygen atoms in total. The molecule has 3 heterocycles. The number of ether oxygens (including phenoxy) is 5. The van der Waals surface area contributed by atoms with E-state index in [0.717, 1.165) is 19.4 Å². The van der Waals surface area contributed by atoms with Gasteiger partial charge in [0.15, 0.2) is 12.1 Å². The van der Waals surface area contributed by atoms with Crippen LogP contribution in [0.15, 0.2) is 23.3 Å². The second-order valence-corrected chi connectivity index (χ2v) is 14.5. The van der Waals surface area contributed by atoms with Crippen molar-refractivity contribution >= 4 is 23.2 Å². The summed E-state index contributed by atoms with van der Waals surface area (Å²) >= 11 is 0. The summed E-state index contributed by atoms with van der Waals surface area (Å²) in [4.78, 5) is 42.7. The Kier molecular flexibility index (Phi) is 9.65. The average molecular weight is 724 g/mol. The SMILES string of the molecule is COc1cccc2c1C(=O)c1c(O)c3c(c(O)c1C2=O)C[C@@](O)(/C(CO)=N/NC(=O)C(C)C)C[C@@H]3O[C@H]1C[C@H]2[C@H](O[C@@H]3[C@@H](OC)CCCN32)[C@H](C)O1. The Labute approximate surface area is 300 Å². The molecule has 2 aromatic carbocycles. The van der Waals surface area contributed by atoms with E-state index >= 15 is 0 Å². The van der Waals surface area contributed by atoms with Crippen molar-refractivity contribution in [2.75, 3.05) is 27.4 Å². The van der Waals surface area contributed by atoms with E-state index in [9.17, 15) is 34.8 Å². The van der Waals surface area contributed by atoms with Crippen LogP contribution < -0.4 is 10.2 Å². The van der Waals surface area contributed by atoms with Crippen molar-refractivity contribution in [2.24, 2.45) is 11.0 Å². The van der Waals surface area contributed by atoms with Crippen LogP contribution in [-0.4, -0.2) is 118 Å². The molecule has 5 aliphatic rings. The molecule has 15 heteroatoms. The van der Waals surface area contributed by atoms with Crippen molar-refractivity contribution in [1.82, 2.24) is 10.3 Å². The lowest BCUT2D eigenvalue weighted by molar-refractivity contribution is -0.246. The number of nitrogens with zero attached hydrogens (tertiary/aromatic N) is 2. The fourth-order valence-electron chi connectivity index (χ4n) is 8.48. The molecule has 0 bridgehead atoms. The number of hydrogen-bond donors (Lipinski definition) is 5. The minimum atomic E-state index is -2.05. The van der Waals surface area contributed by atoms with Crippen LogP contribution in [0.4, 0.5) is 0 Å². The Bertz CT molecular complexity index is 1830. The standard InChI is InChI=1S/C37H45N3O12/c1-16(2)35(46)39-38-24(15-41)37(47)13-19-27(33(45)29-28(31(19)43)30(42)18-8-6-9-21(48-4)26(18)32(29)44)23(14-37)51-25-12-20-34(17(3)50-25)52-36-22(49-5)10-7-11-40(20)36/h6,8-9,16-17,20,22-23,25,34,36,41,43,45,47H,7,10-15H2,1-5H3,(H,39,46)/b38-24+/t17-,20-,22-,23-,25-,34+,36+,37-/m0/s1. The second-order valence-electron chi connectivity index (χ2n) is 14.5. The third-order valence-corrected chi connectivity index (χ3v) is 11.1. The highest BCUT2D eigenvalue weighted by atomic mass is 16.7. The predicted molar refractivity (Wildman–Crippen MR) is 182 cm³/mol. The first kappa shape index (κ1) is 36.4. The van der Waals surface area contributed by atoms with Gasteiger partial charge in [-0.15, -0.1) is 0 Å². The van der Waals surface area contributed by atoms with Crippen LogP contribution in [0.3, 0.4) is 0 Å². The number of piperidine rings is 1. The number of phenolic OH excluding ortho intramolecular Hbond substituents is 2. The number of amides is 1. The van der Waals surface area contributed by atoms with Gasteiger partial charge in [0.1, 0.15) is 35.2 Å². The molecule has 0 aromatic heterocycles. The number of hydrogen-bond acceptors (Lipinski definition) is 14. The van der Waals surface area contributed by atoms with Crippen molar-refractivity contribution < 1.29 is 58.5 Å². The minimum absolute atomic E-state index is 0.0136.